The smallest absolute Gasteiger partial charge is 0.270 e. The first-order valence-electron chi connectivity index (χ1n) is 10.6. The van der Waals surface area contributed by atoms with Crippen molar-refractivity contribution in [2.24, 2.45) is 0 Å². The van der Waals surface area contributed by atoms with Crippen molar-refractivity contribution >= 4 is 23.4 Å². The van der Waals surface area contributed by atoms with Crippen LogP contribution in [-0.4, -0.2) is 65.4 Å². The molecule has 0 saturated carbocycles. The van der Waals surface area contributed by atoms with Gasteiger partial charge in [0, 0.05) is 19.1 Å². The van der Waals surface area contributed by atoms with Crippen molar-refractivity contribution in [1.82, 2.24) is 20.1 Å². The largest absolute Gasteiger partial charge is 0.342 e. The zero-order chi connectivity index (χ0) is 20.9. The van der Waals surface area contributed by atoms with Crippen LogP contribution >= 0.6 is 11.6 Å². The Labute approximate surface area is 182 Å². The SMILES string of the molecule is O=C(NCC(=O)N1CCC(N2CCC(c3ccccc3)CC2)C1)c1cccc(Cl)n1. The third-order valence-corrected chi connectivity index (χ3v) is 6.39. The monoisotopic (exact) mass is 426 g/mol. The van der Waals surface area contributed by atoms with Crippen LogP contribution in [0, 0.1) is 0 Å². The molecule has 1 aromatic heterocycles. The van der Waals surface area contributed by atoms with E-state index in [1.165, 1.54) is 5.56 Å². The molecular formula is C23H27ClN4O2. The van der Waals surface area contributed by atoms with Crippen molar-refractivity contribution in [3.63, 3.8) is 0 Å². The number of carbonyl (C=O) groups is 2. The second-order valence-electron chi connectivity index (χ2n) is 8.03. The minimum atomic E-state index is -0.385. The highest BCUT2D eigenvalue weighted by atomic mass is 35.5. The van der Waals surface area contributed by atoms with Crippen LogP contribution in [0.15, 0.2) is 48.5 Å². The predicted octanol–water partition coefficient (Wildman–Crippen LogP) is 2.95. The van der Waals surface area contributed by atoms with E-state index in [4.69, 9.17) is 11.6 Å². The Kier molecular flexibility index (Phi) is 6.65. The maximum atomic E-state index is 12.6. The Bertz CT molecular complexity index is 884. The summed E-state index contributed by atoms with van der Waals surface area (Å²) in [5, 5.41) is 2.91. The quantitative estimate of drug-likeness (QED) is 0.746. The summed E-state index contributed by atoms with van der Waals surface area (Å²) in [5.41, 5.74) is 1.65. The van der Waals surface area contributed by atoms with Crippen LogP contribution in [0.2, 0.25) is 5.15 Å². The molecule has 2 aliphatic heterocycles. The van der Waals surface area contributed by atoms with Gasteiger partial charge in [-0.3, -0.25) is 14.5 Å². The zero-order valence-corrected chi connectivity index (χ0v) is 17.7. The van der Waals surface area contributed by atoms with Crippen LogP contribution in [0.1, 0.15) is 41.2 Å². The van der Waals surface area contributed by atoms with Gasteiger partial charge < -0.3 is 10.2 Å². The molecule has 30 heavy (non-hydrogen) atoms. The molecule has 1 aromatic carbocycles. The van der Waals surface area contributed by atoms with Crippen LogP contribution in [0.3, 0.4) is 0 Å². The molecule has 3 heterocycles. The average molecular weight is 427 g/mol. The summed E-state index contributed by atoms with van der Waals surface area (Å²) in [4.78, 5) is 33.1. The minimum Gasteiger partial charge on any atom is -0.342 e. The lowest BCUT2D eigenvalue weighted by Crippen LogP contribution is -2.44. The first-order chi connectivity index (χ1) is 14.6. The third kappa shape index (κ3) is 4.99. The fourth-order valence-electron chi connectivity index (χ4n) is 4.48. The highest BCUT2D eigenvalue weighted by Gasteiger charge is 2.32. The third-order valence-electron chi connectivity index (χ3n) is 6.18. The number of likely N-dealkylation sites (tertiary alicyclic amines) is 2. The molecule has 1 N–H and O–H groups in total. The van der Waals surface area contributed by atoms with Gasteiger partial charge in [-0.1, -0.05) is 48.0 Å². The van der Waals surface area contributed by atoms with E-state index in [-0.39, 0.29) is 29.2 Å². The second-order valence-corrected chi connectivity index (χ2v) is 8.42. The molecule has 6 nitrogen and oxygen atoms in total. The summed E-state index contributed by atoms with van der Waals surface area (Å²) in [6.07, 6.45) is 3.32. The first-order valence-corrected chi connectivity index (χ1v) is 11.0. The van der Waals surface area contributed by atoms with Crippen molar-refractivity contribution in [2.75, 3.05) is 32.7 Å². The van der Waals surface area contributed by atoms with E-state index < -0.39 is 0 Å². The van der Waals surface area contributed by atoms with Gasteiger partial charge in [-0.05, 0) is 56.0 Å². The van der Waals surface area contributed by atoms with Gasteiger partial charge >= 0.3 is 0 Å². The molecule has 0 radical (unpaired) electrons. The number of benzene rings is 1. The van der Waals surface area contributed by atoms with Crippen molar-refractivity contribution < 1.29 is 9.59 Å². The molecule has 1 unspecified atom stereocenters. The lowest BCUT2D eigenvalue weighted by Gasteiger charge is -2.36. The Morgan fingerprint density at radius 2 is 1.77 bits per heavy atom. The summed E-state index contributed by atoms with van der Waals surface area (Å²) < 4.78 is 0. The van der Waals surface area contributed by atoms with Gasteiger partial charge in [-0.25, -0.2) is 4.98 Å². The second kappa shape index (κ2) is 9.58. The molecule has 2 saturated heterocycles. The van der Waals surface area contributed by atoms with E-state index in [1.807, 2.05) is 4.90 Å². The number of hydrogen-bond acceptors (Lipinski definition) is 4. The highest BCUT2D eigenvalue weighted by Crippen LogP contribution is 2.30. The van der Waals surface area contributed by atoms with E-state index in [0.29, 0.717) is 12.0 Å². The number of pyridine rings is 1. The normalized spacial score (nSPS) is 20.3. The number of piperidine rings is 1. The van der Waals surface area contributed by atoms with Crippen LogP contribution in [0.5, 0.6) is 0 Å². The molecule has 158 valence electrons. The number of aromatic nitrogens is 1. The van der Waals surface area contributed by atoms with Gasteiger partial charge in [0.05, 0.1) is 6.54 Å². The molecule has 0 bridgehead atoms. The van der Waals surface area contributed by atoms with E-state index in [2.05, 4.69) is 45.5 Å². The average Bonchev–Trinajstić information content (AvgIpc) is 3.28. The number of halogens is 1. The summed E-state index contributed by atoms with van der Waals surface area (Å²) >= 11 is 5.82. The Hall–Kier alpha value is -2.44. The van der Waals surface area contributed by atoms with Crippen molar-refractivity contribution in [3.05, 3.63) is 64.9 Å². The van der Waals surface area contributed by atoms with Crippen molar-refractivity contribution in [1.29, 1.82) is 0 Å². The standard InChI is InChI=1S/C23H27ClN4O2/c24-21-8-4-7-20(26-21)23(30)25-15-22(29)28-14-11-19(16-28)27-12-9-18(10-13-27)17-5-2-1-3-6-17/h1-8,18-19H,9-16H2,(H,25,30). The number of hydrogen-bond donors (Lipinski definition) is 1. The minimum absolute atomic E-state index is 0.0180. The maximum Gasteiger partial charge on any atom is 0.270 e. The van der Waals surface area contributed by atoms with Crippen molar-refractivity contribution in [3.8, 4) is 0 Å². The first kappa shape index (κ1) is 20.8. The van der Waals surface area contributed by atoms with Crippen LogP contribution in [0.4, 0.5) is 0 Å². The van der Waals surface area contributed by atoms with E-state index in [1.54, 1.807) is 18.2 Å². The predicted molar refractivity (Wildman–Crippen MR) is 117 cm³/mol. The van der Waals surface area contributed by atoms with Crippen molar-refractivity contribution in [2.45, 2.75) is 31.2 Å². The summed E-state index contributed by atoms with van der Waals surface area (Å²) in [5.74, 6) is 0.202. The zero-order valence-electron chi connectivity index (χ0n) is 17.0. The van der Waals surface area contributed by atoms with Gasteiger partial charge in [0.25, 0.3) is 5.91 Å². The number of amides is 2. The number of carbonyl (C=O) groups excluding carboxylic acids is 2. The lowest BCUT2D eigenvalue weighted by atomic mass is 9.89. The molecule has 0 aliphatic carbocycles. The van der Waals surface area contributed by atoms with Crippen LogP contribution < -0.4 is 5.32 Å². The molecule has 2 aliphatic rings. The van der Waals surface area contributed by atoms with Crippen LogP contribution in [0.25, 0.3) is 0 Å². The van der Waals surface area contributed by atoms with E-state index in [9.17, 15) is 9.59 Å². The molecule has 2 amide bonds. The maximum absolute atomic E-state index is 12.6. The Morgan fingerprint density at radius 3 is 2.50 bits per heavy atom. The Balaban J connectivity index is 1.22. The molecule has 2 fully saturated rings. The summed E-state index contributed by atoms with van der Waals surface area (Å²) in [6, 6.07) is 16.0. The molecule has 2 aromatic rings. The van der Waals surface area contributed by atoms with Gasteiger partial charge in [0.15, 0.2) is 0 Å². The highest BCUT2D eigenvalue weighted by molar-refractivity contribution is 6.29. The lowest BCUT2D eigenvalue weighted by molar-refractivity contribution is -0.129. The molecule has 1 atom stereocenters. The molecule has 0 spiro atoms. The fraction of sp³-hybridized carbons (Fsp3) is 0.435. The topological polar surface area (TPSA) is 65.5 Å². The van der Waals surface area contributed by atoms with Gasteiger partial charge in [0.1, 0.15) is 10.8 Å². The fourth-order valence-corrected chi connectivity index (χ4v) is 4.65. The Morgan fingerprint density at radius 1 is 1.00 bits per heavy atom. The number of rotatable bonds is 5. The molecule has 4 rings (SSSR count). The van der Waals surface area contributed by atoms with Gasteiger partial charge in [0.2, 0.25) is 5.91 Å². The van der Waals surface area contributed by atoms with Gasteiger partial charge in [-0.15, -0.1) is 0 Å². The van der Waals surface area contributed by atoms with Gasteiger partial charge in [-0.2, -0.15) is 0 Å². The molecular weight excluding hydrogens is 400 g/mol. The van der Waals surface area contributed by atoms with Crippen LogP contribution in [-0.2, 0) is 4.79 Å². The summed E-state index contributed by atoms with van der Waals surface area (Å²) in [7, 11) is 0. The molecule has 7 heteroatoms. The van der Waals surface area contributed by atoms with E-state index in [0.717, 1.165) is 45.4 Å². The number of nitrogens with one attached hydrogen (secondary N) is 1. The van der Waals surface area contributed by atoms with E-state index >= 15 is 0 Å². The summed E-state index contributed by atoms with van der Waals surface area (Å²) in [6.45, 7) is 3.61. The number of nitrogens with zero attached hydrogens (tertiary/aromatic N) is 3.